The number of carbonyl (C=O) groups excluding carboxylic acids is 3. The first-order chi connectivity index (χ1) is 32.5. The summed E-state index contributed by atoms with van der Waals surface area (Å²) in [5, 5.41) is 0. The maximum absolute atomic E-state index is 12.8. The van der Waals surface area contributed by atoms with Crippen LogP contribution in [0.3, 0.4) is 0 Å². The van der Waals surface area contributed by atoms with Crippen molar-refractivity contribution in [2.75, 3.05) is 13.2 Å². The Balaban J connectivity index is 4.46. The molecule has 1 atom stereocenters. The molecule has 0 N–H and O–H groups in total. The highest BCUT2D eigenvalue weighted by Crippen LogP contribution is 2.15. The van der Waals surface area contributed by atoms with Crippen LogP contribution in [-0.4, -0.2) is 37.2 Å². The molecule has 0 amide bonds. The van der Waals surface area contributed by atoms with E-state index in [0.29, 0.717) is 19.3 Å². The number of carbonyl (C=O) groups is 3. The molecule has 0 spiro atoms. The monoisotopic (exact) mass is 919 g/mol. The molecule has 0 aliphatic carbocycles. The molecule has 378 valence electrons. The predicted molar refractivity (Wildman–Crippen MR) is 284 cm³/mol. The maximum atomic E-state index is 12.8. The van der Waals surface area contributed by atoms with Gasteiger partial charge in [0.05, 0.1) is 0 Å². The van der Waals surface area contributed by atoms with Gasteiger partial charge >= 0.3 is 17.9 Å². The highest BCUT2D eigenvalue weighted by molar-refractivity contribution is 5.71. The molecule has 0 heterocycles. The van der Waals surface area contributed by atoms with Gasteiger partial charge in [-0.05, 0) is 96.3 Å². The fourth-order valence-corrected chi connectivity index (χ4v) is 7.50. The van der Waals surface area contributed by atoms with Crippen molar-refractivity contribution in [1.29, 1.82) is 0 Å². The van der Waals surface area contributed by atoms with Crippen LogP contribution < -0.4 is 0 Å². The van der Waals surface area contributed by atoms with E-state index < -0.39 is 6.10 Å². The van der Waals surface area contributed by atoms with Gasteiger partial charge in [-0.3, -0.25) is 14.4 Å². The Morgan fingerprint density at radius 3 is 0.955 bits per heavy atom. The largest absolute Gasteiger partial charge is 0.462 e. The minimum absolute atomic E-state index is 0.0915. The molecule has 0 radical (unpaired) electrons. The molecule has 66 heavy (non-hydrogen) atoms. The van der Waals surface area contributed by atoms with Gasteiger partial charge in [-0.25, -0.2) is 0 Å². The molecule has 1 unspecified atom stereocenters. The lowest BCUT2D eigenvalue weighted by Gasteiger charge is -2.18. The lowest BCUT2D eigenvalue weighted by atomic mass is 10.0. The summed E-state index contributed by atoms with van der Waals surface area (Å²) in [6.45, 7) is 6.47. The third-order valence-corrected chi connectivity index (χ3v) is 11.6. The Hall–Kier alpha value is -3.41. The second-order valence-corrected chi connectivity index (χ2v) is 18.1. The zero-order chi connectivity index (χ0) is 47.9. The summed E-state index contributed by atoms with van der Waals surface area (Å²) in [5.41, 5.74) is 0. The molecule has 0 bridgehead atoms. The summed E-state index contributed by atoms with van der Waals surface area (Å²) in [5.74, 6) is -0.935. The quantitative estimate of drug-likeness (QED) is 0.0262. The summed E-state index contributed by atoms with van der Waals surface area (Å²) >= 11 is 0. The van der Waals surface area contributed by atoms with Crippen molar-refractivity contribution < 1.29 is 28.6 Å². The highest BCUT2D eigenvalue weighted by atomic mass is 16.6. The van der Waals surface area contributed by atoms with Gasteiger partial charge in [-0.2, -0.15) is 0 Å². The molecular weight excluding hydrogens is 817 g/mol. The predicted octanol–water partition coefficient (Wildman–Crippen LogP) is 18.4. The molecule has 0 saturated heterocycles. The van der Waals surface area contributed by atoms with Gasteiger partial charge in [0.2, 0.25) is 0 Å². The van der Waals surface area contributed by atoms with Crippen LogP contribution in [0.15, 0.2) is 85.1 Å². The number of allylic oxidation sites excluding steroid dienone is 14. The Kier molecular flexibility index (Phi) is 51.4. The Morgan fingerprint density at radius 2 is 0.591 bits per heavy atom. The molecule has 0 fully saturated rings. The third-order valence-electron chi connectivity index (χ3n) is 11.6. The molecule has 6 heteroatoms. The zero-order valence-corrected chi connectivity index (χ0v) is 43.2. The van der Waals surface area contributed by atoms with Crippen molar-refractivity contribution >= 4 is 17.9 Å². The van der Waals surface area contributed by atoms with Crippen molar-refractivity contribution in [1.82, 2.24) is 0 Å². The van der Waals surface area contributed by atoms with Gasteiger partial charge in [0.25, 0.3) is 0 Å². The van der Waals surface area contributed by atoms with E-state index in [-0.39, 0.29) is 31.1 Å². The number of esters is 3. The molecule has 0 aromatic heterocycles. The lowest BCUT2D eigenvalue weighted by Crippen LogP contribution is -2.30. The summed E-state index contributed by atoms with van der Waals surface area (Å²) in [6, 6.07) is 0. The minimum Gasteiger partial charge on any atom is -0.462 e. The lowest BCUT2D eigenvalue weighted by molar-refractivity contribution is -0.167. The molecule has 0 aliphatic heterocycles. The van der Waals surface area contributed by atoms with E-state index >= 15 is 0 Å². The molecule has 0 aromatic carbocycles. The summed E-state index contributed by atoms with van der Waals surface area (Å²) in [4.78, 5) is 38.1. The molecule has 0 saturated carbocycles. The van der Waals surface area contributed by atoms with Crippen molar-refractivity contribution in [2.45, 2.75) is 264 Å². The van der Waals surface area contributed by atoms with Gasteiger partial charge in [0.1, 0.15) is 13.2 Å². The summed E-state index contributed by atoms with van der Waals surface area (Å²) < 4.78 is 16.8. The summed E-state index contributed by atoms with van der Waals surface area (Å²) in [7, 11) is 0. The van der Waals surface area contributed by atoms with Crippen LogP contribution in [0.5, 0.6) is 0 Å². The molecule has 0 aromatic rings. The van der Waals surface area contributed by atoms with Crippen molar-refractivity contribution in [2.24, 2.45) is 0 Å². The smallest absolute Gasteiger partial charge is 0.306 e. The van der Waals surface area contributed by atoms with E-state index in [2.05, 4.69) is 106 Å². The Morgan fingerprint density at radius 1 is 0.318 bits per heavy atom. The average molecular weight is 919 g/mol. The highest BCUT2D eigenvalue weighted by Gasteiger charge is 2.19. The first kappa shape index (κ1) is 62.6. The van der Waals surface area contributed by atoms with E-state index in [9.17, 15) is 14.4 Å². The van der Waals surface area contributed by atoms with Crippen LogP contribution in [0.4, 0.5) is 0 Å². The molecule has 6 nitrogen and oxygen atoms in total. The Bertz CT molecular complexity index is 1290. The minimum atomic E-state index is -0.796. The molecule has 0 rings (SSSR count). The van der Waals surface area contributed by atoms with E-state index in [1.54, 1.807) is 0 Å². The van der Waals surface area contributed by atoms with E-state index in [1.807, 2.05) is 0 Å². The number of hydrogen-bond donors (Lipinski definition) is 0. The van der Waals surface area contributed by atoms with Crippen LogP contribution >= 0.6 is 0 Å². The fourth-order valence-electron chi connectivity index (χ4n) is 7.50. The first-order valence-corrected chi connectivity index (χ1v) is 27.6. The normalized spacial score (nSPS) is 12.7. The topological polar surface area (TPSA) is 78.9 Å². The zero-order valence-electron chi connectivity index (χ0n) is 43.2. The van der Waals surface area contributed by atoms with Gasteiger partial charge in [-0.15, -0.1) is 0 Å². The van der Waals surface area contributed by atoms with Crippen LogP contribution in [0, 0.1) is 0 Å². The molecular formula is C60H102O6. The van der Waals surface area contributed by atoms with Gasteiger partial charge in [0.15, 0.2) is 6.10 Å². The number of rotatable bonds is 49. The average Bonchev–Trinajstić information content (AvgIpc) is 3.31. The summed E-state index contributed by atoms with van der Waals surface area (Å²) in [6.07, 6.45) is 69.9. The molecule has 0 aliphatic rings. The number of unbranched alkanes of at least 4 members (excludes halogenated alkanes) is 24. The van der Waals surface area contributed by atoms with E-state index in [1.165, 1.54) is 96.3 Å². The second kappa shape index (κ2) is 54.2. The van der Waals surface area contributed by atoms with Gasteiger partial charge in [-0.1, -0.05) is 228 Å². The van der Waals surface area contributed by atoms with Gasteiger partial charge in [0, 0.05) is 19.3 Å². The van der Waals surface area contributed by atoms with E-state index in [0.717, 1.165) is 122 Å². The first-order valence-electron chi connectivity index (χ1n) is 27.6. The van der Waals surface area contributed by atoms with Crippen LogP contribution in [0.25, 0.3) is 0 Å². The maximum Gasteiger partial charge on any atom is 0.306 e. The number of hydrogen-bond acceptors (Lipinski definition) is 6. The second-order valence-electron chi connectivity index (χ2n) is 18.1. The SMILES string of the molecule is CC/C=C\C/C=C\C/C=C\C/C=C\C/C=C\CCCCCC(=O)OCC(COC(=O)CCCCCCCCCCCCCCC)OC(=O)CCCCCCC/C=C\C/C=C\CCCCCC. The van der Waals surface area contributed by atoms with Gasteiger partial charge < -0.3 is 14.2 Å². The van der Waals surface area contributed by atoms with Crippen molar-refractivity contribution in [3.63, 3.8) is 0 Å². The van der Waals surface area contributed by atoms with E-state index in [4.69, 9.17) is 14.2 Å². The number of ether oxygens (including phenoxy) is 3. The standard InChI is InChI=1S/C60H102O6/c1-4-7-10-13-16-19-22-25-27-29-30-31-33-35-38-41-44-47-50-53-59(62)65-56-57(55-64-58(61)52-49-46-43-40-37-34-24-21-18-15-12-9-6-3)66-60(63)54-51-48-45-42-39-36-32-28-26-23-20-17-14-11-8-5-2/h7,10,16,19-20,23,25,27-28,30-32,35,38,57H,4-6,8-9,11-15,17-18,21-22,24,26,29,33-34,36-37,39-56H2,1-3H3/b10-7-,19-16-,23-20-,27-25-,31-30-,32-28-,38-35-. The Labute approximate surface area is 407 Å². The third kappa shape index (κ3) is 51.6. The van der Waals surface area contributed by atoms with Crippen molar-refractivity contribution in [3.05, 3.63) is 85.1 Å². The van der Waals surface area contributed by atoms with Crippen LogP contribution in [0.2, 0.25) is 0 Å². The van der Waals surface area contributed by atoms with Crippen molar-refractivity contribution in [3.8, 4) is 0 Å². The van der Waals surface area contributed by atoms with Crippen LogP contribution in [-0.2, 0) is 28.6 Å². The fraction of sp³-hybridized carbons (Fsp3) is 0.717. The van der Waals surface area contributed by atoms with Crippen LogP contribution in [0.1, 0.15) is 258 Å².